The highest BCUT2D eigenvalue weighted by atomic mass is 35.5. The van der Waals surface area contributed by atoms with Gasteiger partial charge in [-0.05, 0) is 24.6 Å². The van der Waals surface area contributed by atoms with Gasteiger partial charge in [0.15, 0.2) is 0 Å². The van der Waals surface area contributed by atoms with E-state index in [4.69, 9.17) is 16.3 Å². The molecule has 0 spiro atoms. The van der Waals surface area contributed by atoms with Crippen molar-refractivity contribution in [2.24, 2.45) is 0 Å². The maximum absolute atomic E-state index is 6.02. The van der Waals surface area contributed by atoms with E-state index in [2.05, 4.69) is 9.97 Å². The standard InChI is InChI=1S/C12H11ClN2O/c13-8-1-2-11-10(7-8)9(3-6-16-11)12-14-4-5-15-12/h1-2,4-5,7,9H,3,6H2,(H,14,15). The summed E-state index contributed by atoms with van der Waals surface area (Å²) < 4.78 is 5.61. The summed E-state index contributed by atoms with van der Waals surface area (Å²) in [6, 6.07) is 5.74. The van der Waals surface area contributed by atoms with Gasteiger partial charge in [0.2, 0.25) is 0 Å². The van der Waals surface area contributed by atoms with E-state index >= 15 is 0 Å². The highest BCUT2D eigenvalue weighted by Crippen LogP contribution is 2.37. The molecule has 0 amide bonds. The molecule has 2 heterocycles. The van der Waals surface area contributed by atoms with E-state index in [1.807, 2.05) is 24.4 Å². The first kappa shape index (κ1) is 9.73. The van der Waals surface area contributed by atoms with Crippen LogP contribution in [0, 0.1) is 0 Å². The average molecular weight is 235 g/mol. The predicted molar refractivity (Wildman–Crippen MR) is 62.0 cm³/mol. The molecule has 1 aromatic heterocycles. The van der Waals surface area contributed by atoms with E-state index in [1.54, 1.807) is 6.20 Å². The topological polar surface area (TPSA) is 37.9 Å². The number of nitrogens with zero attached hydrogens (tertiary/aromatic N) is 1. The zero-order chi connectivity index (χ0) is 11.0. The van der Waals surface area contributed by atoms with E-state index < -0.39 is 0 Å². The van der Waals surface area contributed by atoms with Crippen LogP contribution in [0.3, 0.4) is 0 Å². The lowest BCUT2D eigenvalue weighted by Gasteiger charge is -2.24. The monoisotopic (exact) mass is 234 g/mol. The number of benzene rings is 1. The molecule has 0 fully saturated rings. The molecule has 1 aromatic carbocycles. The van der Waals surface area contributed by atoms with Crippen molar-refractivity contribution in [3.8, 4) is 5.75 Å². The van der Waals surface area contributed by atoms with Crippen LogP contribution in [0.1, 0.15) is 23.7 Å². The van der Waals surface area contributed by atoms with Crippen molar-refractivity contribution < 1.29 is 4.74 Å². The highest BCUT2D eigenvalue weighted by Gasteiger charge is 2.24. The Kier molecular flexibility index (Phi) is 2.33. The minimum absolute atomic E-state index is 0.262. The molecule has 0 aliphatic carbocycles. The average Bonchev–Trinajstić information content (AvgIpc) is 2.81. The summed E-state index contributed by atoms with van der Waals surface area (Å²) >= 11 is 6.02. The minimum atomic E-state index is 0.262. The number of aromatic amines is 1. The zero-order valence-electron chi connectivity index (χ0n) is 8.61. The Hall–Kier alpha value is -1.48. The number of aromatic nitrogens is 2. The number of fused-ring (bicyclic) bond motifs is 1. The zero-order valence-corrected chi connectivity index (χ0v) is 9.37. The van der Waals surface area contributed by atoms with E-state index in [1.165, 1.54) is 0 Å². The molecule has 1 N–H and O–H groups in total. The number of imidazole rings is 1. The van der Waals surface area contributed by atoms with Gasteiger partial charge >= 0.3 is 0 Å². The molecule has 1 aliphatic heterocycles. The van der Waals surface area contributed by atoms with Gasteiger partial charge in [-0.3, -0.25) is 0 Å². The molecular formula is C12H11ClN2O. The molecular weight excluding hydrogens is 224 g/mol. The molecule has 1 aliphatic rings. The van der Waals surface area contributed by atoms with Crippen molar-refractivity contribution in [2.75, 3.05) is 6.61 Å². The molecule has 16 heavy (non-hydrogen) atoms. The number of nitrogens with one attached hydrogen (secondary N) is 1. The summed E-state index contributed by atoms with van der Waals surface area (Å²) in [7, 11) is 0. The van der Waals surface area contributed by atoms with Gasteiger partial charge in [-0.2, -0.15) is 0 Å². The molecule has 0 saturated carbocycles. The maximum Gasteiger partial charge on any atom is 0.123 e. The second-order valence-electron chi connectivity index (χ2n) is 3.85. The van der Waals surface area contributed by atoms with E-state index in [9.17, 15) is 0 Å². The Bertz CT molecular complexity index is 496. The molecule has 0 saturated heterocycles. The molecule has 82 valence electrons. The molecule has 1 atom stereocenters. The third-order valence-corrected chi connectivity index (χ3v) is 3.10. The van der Waals surface area contributed by atoms with Crippen LogP contribution in [0.2, 0.25) is 5.02 Å². The summed E-state index contributed by atoms with van der Waals surface area (Å²) in [5, 5.41) is 0.737. The lowest BCUT2D eigenvalue weighted by Crippen LogP contribution is -2.16. The first-order chi connectivity index (χ1) is 7.84. The molecule has 3 rings (SSSR count). The number of hydrogen-bond donors (Lipinski definition) is 1. The second-order valence-corrected chi connectivity index (χ2v) is 4.28. The second kappa shape index (κ2) is 3.83. The minimum Gasteiger partial charge on any atom is -0.493 e. The largest absolute Gasteiger partial charge is 0.493 e. The Morgan fingerprint density at radius 2 is 2.38 bits per heavy atom. The van der Waals surface area contributed by atoms with Gasteiger partial charge in [0, 0.05) is 28.9 Å². The maximum atomic E-state index is 6.02. The Balaban J connectivity index is 2.08. The van der Waals surface area contributed by atoms with Gasteiger partial charge < -0.3 is 9.72 Å². The van der Waals surface area contributed by atoms with Crippen LogP contribution in [-0.2, 0) is 0 Å². The van der Waals surface area contributed by atoms with Crippen molar-refractivity contribution in [1.82, 2.24) is 9.97 Å². The van der Waals surface area contributed by atoms with Gasteiger partial charge in [0.1, 0.15) is 11.6 Å². The summed E-state index contributed by atoms with van der Waals surface area (Å²) in [5.41, 5.74) is 1.12. The van der Waals surface area contributed by atoms with Crippen molar-refractivity contribution in [2.45, 2.75) is 12.3 Å². The quantitative estimate of drug-likeness (QED) is 0.824. The summed E-state index contributed by atoms with van der Waals surface area (Å²) in [6.45, 7) is 0.722. The highest BCUT2D eigenvalue weighted by molar-refractivity contribution is 6.30. The Morgan fingerprint density at radius 1 is 1.44 bits per heavy atom. The Morgan fingerprint density at radius 3 is 3.19 bits per heavy atom. The summed E-state index contributed by atoms with van der Waals surface area (Å²) in [5.74, 6) is 2.15. The fourth-order valence-electron chi connectivity index (χ4n) is 2.12. The van der Waals surface area contributed by atoms with Crippen LogP contribution in [0.5, 0.6) is 5.75 Å². The number of H-pyrrole nitrogens is 1. The van der Waals surface area contributed by atoms with Gasteiger partial charge in [0.05, 0.1) is 6.61 Å². The third kappa shape index (κ3) is 1.57. The number of ether oxygens (including phenoxy) is 1. The fraction of sp³-hybridized carbons (Fsp3) is 0.250. The fourth-order valence-corrected chi connectivity index (χ4v) is 2.30. The normalized spacial score (nSPS) is 18.9. The van der Waals surface area contributed by atoms with Gasteiger partial charge in [0.25, 0.3) is 0 Å². The first-order valence-electron chi connectivity index (χ1n) is 5.26. The van der Waals surface area contributed by atoms with Crippen LogP contribution in [-0.4, -0.2) is 16.6 Å². The molecule has 0 bridgehead atoms. The van der Waals surface area contributed by atoms with Crippen LogP contribution < -0.4 is 4.74 Å². The van der Waals surface area contributed by atoms with Crippen LogP contribution in [0.4, 0.5) is 0 Å². The summed E-state index contributed by atoms with van der Waals surface area (Å²) in [4.78, 5) is 7.47. The van der Waals surface area contributed by atoms with Crippen LogP contribution in [0.25, 0.3) is 0 Å². The van der Waals surface area contributed by atoms with Crippen molar-refractivity contribution in [3.63, 3.8) is 0 Å². The van der Waals surface area contributed by atoms with E-state index in [0.717, 1.165) is 35.2 Å². The lowest BCUT2D eigenvalue weighted by atomic mass is 9.92. The number of hydrogen-bond acceptors (Lipinski definition) is 2. The molecule has 2 aromatic rings. The van der Waals surface area contributed by atoms with Gasteiger partial charge in [-0.25, -0.2) is 4.98 Å². The molecule has 1 unspecified atom stereocenters. The molecule has 0 radical (unpaired) electrons. The van der Waals surface area contributed by atoms with Crippen molar-refractivity contribution in [1.29, 1.82) is 0 Å². The van der Waals surface area contributed by atoms with E-state index in [-0.39, 0.29) is 5.92 Å². The van der Waals surface area contributed by atoms with Crippen molar-refractivity contribution >= 4 is 11.6 Å². The smallest absolute Gasteiger partial charge is 0.123 e. The number of rotatable bonds is 1. The van der Waals surface area contributed by atoms with Gasteiger partial charge in [-0.1, -0.05) is 11.6 Å². The summed E-state index contributed by atoms with van der Waals surface area (Å²) in [6.07, 6.45) is 4.55. The SMILES string of the molecule is Clc1ccc2c(c1)C(c1ncc[nH]1)CCO2. The third-order valence-electron chi connectivity index (χ3n) is 2.86. The lowest BCUT2D eigenvalue weighted by molar-refractivity contribution is 0.275. The Labute approximate surface area is 98.4 Å². The van der Waals surface area contributed by atoms with E-state index in [0.29, 0.717) is 0 Å². The van der Waals surface area contributed by atoms with Crippen LogP contribution >= 0.6 is 11.6 Å². The van der Waals surface area contributed by atoms with Gasteiger partial charge in [-0.15, -0.1) is 0 Å². The van der Waals surface area contributed by atoms with Crippen molar-refractivity contribution in [3.05, 3.63) is 47.0 Å². The predicted octanol–water partition coefficient (Wildman–Crippen LogP) is 2.98. The van der Waals surface area contributed by atoms with Crippen LogP contribution in [0.15, 0.2) is 30.6 Å². The number of halogens is 1. The molecule has 4 heteroatoms. The first-order valence-corrected chi connectivity index (χ1v) is 5.64. The molecule has 3 nitrogen and oxygen atoms in total.